The van der Waals surface area contributed by atoms with E-state index in [9.17, 15) is 0 Å². The summed E-state index contributed by atoms with van der Waals surface area (Å²) in [4.78, 5) is 0. The highest BCUT2D eigenvalue weighted by Gasteiger charge is 2.22. The summed E-state index contributed by atoms with van der Waals surface area (Å²) in [7, 11) is 0. The van der Waals surface area contributed by atoms with Gasteiger partial charge in [0.1, 0.15) is 0 Å². The second-order valence-corrected chi connectivity index (χ2v) is 33.8. The topological polar surface area (TPSA) is 24.6 Å². The number of aromatic nitrogens is 5. The minimum absolute atomic E-state index is 1.19. The van der Waals surface area contributed by atoms with E-state index in [0.717, 1.165) is 0 Å². The fraction of sp³-hybridized carbons (Fsp3) is 0.0400. The lowest BCUT2D eigenvalue weighted by Crippen LogP contribution is -1.95. The molecule has 0 aliphatic rings. The number of benzene rings is 20. The van der Waals surface area contributed by atoms with Crippen molar-refractivity contribution in [1.82, 2.24) is 22.8 Å². The molecule has 620 valence electrons. The van der Waals surface area contributed by atoms with Crippen LogP contribution in [0.3, 0.4) is 0 Å². The SMILES string of the molecule is Cc1ccc2c(c1)c1cc(-c3ccccc3)ccc1n2-c1ccccc1.Cc1ccc2c3cc(-c4ccccc4)ccc3n(-c3ccccc3)c2c1.Cc1cccc(-c2cccc3c4ccccc4n(-c4ccccc4)c23)c1.Cc1cccc2c3cc(-c4ccccc4)ccc3n(-c3ccccc3)c12.Cc1ccccc1-c1cccc2c3ccccc3n(-c3ccccc3)c12. The maximum Gasteiger partial charge on any atom is 0.0619 e. The average Bonchev–Trinajstić information content (AvgIpc) is 1.47. The number of fused-ring (bicyclic) bond motifs is 15. The zero-order chi connectivity index (χ0) is 87.5. The first-order valence-corrected chi connectivity index (χ1v) is 44.9. The van der Waals surface area contributed by atoms with Crippen molar-refractivity contribution in [3.8, 4) is 84.1 Å². The predicted molar refractivity (Wildman–Crippen MR) is 555 cm³/mol. The van der Waals surface area contributed by atoms with Crippen LogP contribution >= 0.6 is 0 Å². The molecule has 0 atom stereocenters. The van der Waals surface area contributed by atoms with E-state index >= 15 is 0 Å². The van der Waals surface area contributed by atoms with Crippen LogP contribution in [0.1, 0.15) is 27.8 Å². The van der Waals surface area contributed by atoms with Crippen LogP contribution in [-0.4, -0.2) is 22.8 Å². The Hall–Kier alpha value is -16.6. The first kappa shape index (κ1) is 80.5. The fourth-order valence-corrected chi connectivity index (χ4v) is 19.4. The number of nitrogens with zero attached hydrogens (tertiary/aromatic N) is 5. The molecule has 0 N–H and O–H groups in total. The summed E-state index contributed by atoms with van der Waals surface area (Å²) in [5.74, 6) is 0. The summed E-state index contributed by atoms with van der Waals surface area (Å²) in [5, 5.41) is 13.0. The van der Waals surface area contributed by atoms with Crippen molar-refractivity contribution in [2.24, 2.45) is 0 Å². The molecular weight excluding hydrogens is 1570 g/mol. The van der Waals surface area contributed by atoms with Crippen molar-refractivity contribution < 1.29 is 0 Å². The number of aryl methyl sites for hydroxylation is 5. The van der Waals surface area contributed by atoms with E-state index < -0.39 is 0 Å². The first-order chi connectivity index (χ1) is 64.1. The van der Waals surface area contributed by atoms with E-state index in [1.165, 1.54) is 221 Å². The van der Waals surface area contributed by atoms with E-state index in [-0.39, 0.29) is 0 Å². The molecule has 0 saturated heterocycles. The van der Waals surface area contributed by atoms with Gasteiger partial charge in [0.15, 0.2) is 0 Å². The molecule has 0 aliphatic heterocycles. The summed E-state index contributed by atoms with van der Waals surface area (Å²) in [6, 6.07) is 173. The van der Waals surface area contributed by atoms with Gasteiger partial charge < -0.3 is 22.8 Å². The molecule has 25 aromatic rings. The van der Waals surface area contributed by atoms with Gasteiger partial charge in [-0.1, -0.05) is 369 Å². The molecule has 0 fully saturated rings. The molecule has 0 amide bonds. The molecule has 0 saturated carbocycles. The Kier molecular flexibility index (Phi) is 21.9. The summed E-state index contributed by atoms with van der Waals surface area (Å²) in [6.07, 6.45) is 0. The molecule has 0 radical (unpaired) electrons. The van der Waals surface area contributed by atoms with Crippen molar-refractivity contribution in [3.63, 3.8) is 0 Å². The van der Waals surface area contributed by atoms with Gasteiger partial charge in [0.2, 0.25) is 0 Å². The van der Waals surface area contributed by atoms with Gasteiger partial charge in [-0.2, -0.15) is 0 Å². The van der Waals surface area contributed by atoms with Crippen LogP contribution in [0.2, 0.25) is 0 Å². The third-order valence-corrected chi connectivity index (χ3v) is 25.4. The van der Waals surface area contributed by atoms with Crippen molar-refractivity contribution >= 4 is 109 Å². The van der Waals surface area contributed by atoms with Crippen LogP contribution in [0.5, 0.6) is 0 Å². The largest absolute Gasteiger partial charge is 0.309 e. The molecule has 130 heavy (non-hydrogen) atoms. The standard InChI is InChI=1S/5C25H19N/c1-18-9-8-14-22-23-17-20(19-10-4-2-5-11-19)15-16-24(23)26(25(18)22)21-12-6-3-7-13-21;1-18-12-14-24-22(16-18)23-17-20(19-8-4-2-5-9-19)13-15-25(23)26(24)21-10-6-3-7-11-21;1-18-12-14-22-23-17-20(19-8-4-2-5-9-19)13-15-24(23)26(25(22)16-18)21-10-6-3-7-11-21;1-18-9-7-10-19(17-18)21-14-8-15-23-22-13-5-6-16-24(22)26(25(21)23)20-11-3-2-4-12-20;1-18-10-5-6-13-20(18)22-15-9-16-23-21-14-7-8-17-24(21)26(25(22)23)19-11-3-2-4-12-19/h5*2-17H,1H3. The summed E-state index contributed by atoms with van der Waals surface area (Å²) >= 11 is 0. The zero-order valence-corrected chi connectivity index (χ0v) is 73.4. The van der Waals surface area contributed by atoms with Gasteiger partial charge in [-0.05, 0) is 223 Å². The molecular formula is C125H95N5. The number of hydrogen-bond acceptors (Lipinski definition) is 0. The van der Waals surface area contributed by atoms with Crippen molar-refractivity contribution in [1.29, 1.82) is 0 Å². The number of hydrogen-bond donors (Lipinski definition) is 0. The quantitative estimate of drug-likeness (QED) is 0.130. The van der Waals surface area contributed by atoms with Gasteiger partial charge in [0, 0.05) is 93.4 Å². The Morgan fingerprint density at radius 2 is 0.415 bits per heavy atom. The van der Waals surface area contributed by atoms with Crippen LogP contribution < -0.4 is 0 Å². The molecule has 0 bridgehead atoms. The molecule has 20 aromatic carbocycles. The molecule has 5 heteroatoms. The Morgan fingerprint density at radius 1 is 0.131 bits per heavy atom. The molecule has 5 aromatic heterocycles. The van der Waals surface area contributed by atoms with Crippen LogP contribution in [0.25, 0.3) is 193 Å². The number of rotatable bonds is 10. The van der Waals surface area contributed by atoms with E-state index in [2.05, 4.69) is 543 Å². The van der Waals surface area contributed by atoms with Crippen molar-refractivity contribution in [3.05, 3.63) is 513 Å². The van der Waals surface area contributed by atoms with E-state index in [0.29, 0.717) is 0 Å². The average molecular weight is 1670 g/mol. The lowest BCUT2D eigenvalue weighted by atomic mass is 9.98. The van der Waals surface area contributed by atoms with Crippen LogP contribution in [0.4, 0.5) is 0 Å². The normalized spacial score (nSPS) is 11.3. The maximum atomic E-state index is 2.40. The van der Waals surface area contributed by atoms with Crippen LogP contribution in [0.15, 0.2) is 485 Å². The predicted octanol–water partition coefficient (Wildman–Crippen LogP) is 33.8. The Morgan fingerprint density at radius 3 is 0.892 bits per heavy atom. The van der Waals surface area contributed by atoms with Crippen LogP contribution in [-0.2, 0) is 0 Å². The first-order valence-electron chi connectivity index (χ1n) is 44.9. The maximum absolute atomic E-state index is 2.40. The second-order valence-electron chi connectivity index (χ2n) is 33.8. The van der Waals surface area contributed by atoms with Gasteiger partial charge in [-0.15, -0.1) is 0 Å². The highest BCUT2D eigenvalue weighted by molar-refractivity contribution is 6.17. The Labute approximate surface area is 758 Å². The van der Waals surface area contributed by atoms with Gasteiger partial charge in [0.25, 0.3) is 0 Å². The molecule has 5 heterocycles. The van der Waals surface area contributed by atoms with Crippen molar-refractivity contribution in [2.45, 2.75) is 34.6 Å². The lowest BCUT2D eigenvalue weighted by molar-refractivity contribution is 1.17. The van der Waals surface area contributed by atoms with Crippen LogP contribution in [0, 0.1) is 34.6 Å². The van der Waals surface area contributed by atoms with Gasteiger partial charge in [-0.25, -0.2) is 0 Å². The fourth-order valence-electron chi connectivity index (χ4n) is 19.4. The third-order valence-electron chi connectivity index (χ3n) is 25.4. The molecule has 0 unspecified atom stereocenters. The summed E-state index contributed by atoms with van der Waals surface area (Å²) < 4.78 is 11.9. The number of para-hydroxylation sites is 10. The summed E-state index contributed by atoms with van der Waals surface area (Å²) in [5.41, 5.74) is 37.6. The molecule has 5 nitrogen and oxygen atoms in total. The highest BCUT2D eigenvalue weighted by atomic mass is 15.0. The Bertz CT molecular complexity index is 8350. The lowest BCUT2D eigenvalue weighted by Gasteiger charge is -2.13. The van der Waals surface area contributed by atoms with Crippen molar-refractivity contribution in [2.75, 3.05) is 0 Å². The monoisotopic (exact) mass is 1670 g/mol. The zero-order valence-electron chi connectivity index (χ0n) is 73.4. The minimum Gasteiger partial charge on any atom is -0.309 e. The van der Waals surface area contributed by atoms with E-state index in [1.54, 1.807) is 0 Å². The van der Waals surface area contributed by atoms with E-state index in [1.807, 2.05) is 0 Å². The molecule has 0 spiro atoms. The van der Waals surface area contributed by atoms with Gasteiger partial charge >= 0.3 is 0 Å². The Balaban J connectivity index is 0.0000000983. The highest BCUT2D eigenvalue weighted by Crippen LogP contribution is 2.44. The molecule has 0 aliphatic carbocycles. The minimum atomic E-state index is 1.19. The van der Waals surface area contributed by atoms with E-state index in [4.69, 9.17) is 0 Å². The van der Waals surface area contributed by atoms with Gasteiger partial charge in [-0.3, -0.25) is 0 Å². The smallest absolute Gasteiger partial charge is 0.0619 e. The third kappa shape index (κ3) is 15.4. The summed E-state index contributed by atoms with van der Waals surface area (Å²) in [6.45, 7) is 10.8. The molecule has 25 rings (SSSR count). The second kappa shape index (κ2) is 35.4. The van der Waals surface area contributed by atoms with Gasteiger partial charge in [0.05, 0.1) is 55.2 Å².